The summed E-state index contributed by atoms with van der Waals surface area (Å²) in [4.78, 5) is 22.2. The van der Waals surface area contributed by atoms with Gasteiger partial charge in [-0.05, 0) is 50.6 Å². The second kappa shape index (κ2) is 10.6. The third-order valence-electron chi connectivity index (χ3n) is 6.20. The standard InChI is InChI=1S/C26H33N5O/c1-21-19-24(22(2)31(21)25-11-6-7-12-27-25)26(32)28-13-8-14-29-15-17-30(18-16-29)20-23-9-4-3-5-10-23/h3-7,9-12,19H,8,13-18,20H2,1-2H3,(H,28,32). The first kappa shape index (κ1) is 22.2. The maximum atomic E-state index is 12.8. The van der Waals surface area contributed by atoms with Crippen LogP contribution in [0, 0.1) is 13.8 Å². The summed E-state index contributed by atoms with van der Waals surface area (Å²) >= 11 is 0. The van der Waals surface area contributed by atoms with E-state index in [0.717, 1.165) is 68.5 Å². The van der Waals surface area contributed by atoms with Crippen molar-refractivity contribution in [3.8, 4) is 5.82 Å². The number of carbonyl (C=O) groups excluding carboxylic acids is 1. The second-order valence-corrected chi connectivity index (χ2v) is 8.52. The lowest BCUT2D eigenvalue weighted by Gasteiger charge is -2.34. The van der Waals surface area contributed by atoms with Crippen molar-refractivity contribution in [2.75, 3.05) is 39.3 Å². The molecule has 2 aromatic heterocycles. The molecule has 0 bridgehead atoms. The highest BCUT2D eigenvalue weighted by Gasteiger charge is 2.18. The first-order valence-corrected chi connectivity index (χ1v) is 11.5. The Morgan fingerprint density at radius 3 is 2.41 bits per heavy atom. The smallest absolute Gasteiger partial charge is 0.253 e. The van der Waals surface area contributed by atoms with Gasteiger partial charge in [0.2, 0.25) is 0 Å². The lowest BCUT2D eigenvalue weighted by atomic mass is 10.2. The van der Waals surface area contributed by atoms with E-state index in [0.29, 0.717) is 6.54 Å². The Morgan fingerprint density at radius 2 is 1.69 bits per heavy atom. The molecule has 1 aliphatic heterocycles. The highest BCUT2D eigenvalue weighted by molar-refractivity contribution is 5.95. The van der Waals surface area contributed by atoms with Gasteiger partial charge in [-0.15, -0.1) is 0 Å². The van der Waals surface area contributed by atoms with Crippen LogP contribution in [-0.2, 0) is 6.54 Å². The molecule has 6 heteroatoms. The van der Waals surface area contributed by atoms with E-state index < -0.39 is 0 Å². The average molecular weight is 432 g/mol. The summed E-state index contributed by atoms with van der Waals surface area (Å²) in [6.07, 6.45) is 2.73. The van der Waals surface area contributed by atoms with Gasteiger partial charge in [-0.2, -0.15) is 0 Å². The molecule has 32 heavy (non-hydrogen) atoms. The predicted octanol–water partition coefficient (Wildman–Crippen LogP) is 3.43. The van der Waals surface area contributed by atoms with E-state index in [9.17, 15) is 4.79 Å². The third kappa shape index (κ3) is 5.44. The topological polar surface area (TPSA) is 53.4 Å². The first-order valence-electron chi connectivity index (χ1n) is 11.5. The fraction of sp³-hybridized carbons (Fsp3) is 0.385. The van der Waals surface area contributed by atoms with Gasteiger partial charge in [-0.1, -0.05) is 36.4 Å². The van der Waals surface area contributed by atoms with Gasteiger partial charge in [0, 0.05) is 56.9 Å². The van der Waals surface area contributed by atoms with Crippen molar-refractivity contribution in [3.63, 3.8) is 0 Å². The third-order valence-corrected chi connectivity index (χ3v) is 6.20. The van der Waals surface area contributed by atoms with Gasteiger partial charge in [0.05, 0.1) is 5.56 Å². The van der Waals surface area contributed by atoms with Crippen LogP contribution in [0.4, 0.5) is 0 Å². The predicted molar refractivity (Wildman–Crippen MR) is 128 cm³/mol. The van der Waals surface area contributed by atoms with Crippen LogP contribution < -0.4 is 5.32 Å². The molecule has 0 radical (unpaired) electrons. The fourth-order valence-corrected chi connectivity index (χ4v) is 4.44. The Kier molecular flexibility index (Phi) is 7.35. The summed E-state index contributed by atoms with van der Waals surface area (Å²) in [7, 11) is 0. The van der Waals surface area contributed by atoms with Gasteiger partial charge in [-0.3, -0.25) is 9.69 Å². The van der Waals surface area contributed by atoms with Crippen molar-refractivity contribution in [2.24, 2.45) is 0 Å². The summed E-state index contributed by atoms with van der Waals surface area (Å²) in [6, 6.07) is 18.4. The van der Waals surface area contributed by atoms with Crippen LogP contribution in [0.3, 0.4) is 0 Å². The molecule has 3 aromatic rings. The van der Waals surface area contributed by atoms with E-state index in [1.165, 1.54) is 5.56 Å². The molecule has 168 valence electrons. The molecule has 0 aliphatic carbocycles. The first-order chi connectivity index (χ1) is 15.6. The van der Waals surface area contributed by atoms with Crippen molar-refractivity contribution in [1.29, 1.82) is 0 Å². The van der Waals surface area contributed by atoms with E-state index in [-0.39, 0.29) is 5.91 Å². The van der Waals surface area contributed by atoms with Gasteiger partial charge in [-0.25, -0.2) is 4.98 Å². The van der Waals surface area contributed by atoms with Crippen molar-refractivity contribution in [1.82, 2.24) is 24.7 Å². The molecule has 4 rings (SSSR count). The number of piperazine rings is 1. The zero-order chi connectivity index (χ0) is 22.3. The molecule has 1 aliphatic rings. The molecule has 0 spiro atoms. The molecule has 1 aromatic carbocycles. The maximum absolute atomic E-state index is 12.8. The van der Waals surface area contributed by atoms with Crippen LogP contribution in [0.2, 0.25) is 0 Å². The molecule has 3 heterocycles. The van der Waals surface area contributed by atoms with Gasteiger partial charge in [0.15, 0.2) is 0 Å². The number of carbonyl (C=O) groups is 1. The largest absolute Gasteiger partial charge is 0.352 e. The minimum Gasteiger partial charge on any atom is -0.352 e. The van der Waals surface area contributed by atoms with Crippen LogP contribution in [-0.4, -0.2) is 64.5 Å². The monoisotopic (exact) mass is 431 g/mol. The molecule has 1 saturated heterocycles. The number of nitrogens with one attached hydrogen (secondary N) is 1. The molecule has 1 fully saturated rings. The van der Waals surface area contributed by atoms with E-state index in [1.807, 2.05) is 42.7 Å². The number of hydrogen-bond donors (Lipinski definition) is 1. The Bertz CT molecular complexity index is 1010. The minimum absolute atomic E-state index is 0.00652. The SMILES string of the molecule is Cc1cc(C(=O)NCCCN2CCN(Cc3ccccc3)CC2)c(C)n1-c1ccccn1. The number of rotatable bonds is 8. The average Bonchev–Trinajstić information content (AvgIpc) is 3.13. The number of aromatic nitrogens is 2. The molecule has 0 unspecified atom stereocenters. The zero-order valence-corrected chi connectivity index (χ0v) is 19.1. The van der Waals surface area contributed by atoms with E-state index in [4.69, 9.17) is 0 Å². The number of hydrogen-bond acceptors (Lipinski definition) is 4. The van der Waals surface area contributed by atoms with Crippen molar-refractivity contribution in [3.05, 3.63) is 83.3 Å². The molecule has 6 nitrogen and oxygen atoms in total. The molecule has 0 atom stereocenters. The van der Waals surface area contributed by atoms with Gasteiger partial charge < -0.3 is 14.8 Å². The number of aryl methyl sites for hydroxylation is 1. The maximum Gasteiger partial charge on any atom is 0.253 e. The number of nitrogens with zero attached hydrogens (tertiary/aromatic N) is 4. The van der Waals surface area contributed by atoms with Crippen LogP contribution in [0.15, 0.2) is 60.8 Å². The lowest BCUT2D eigenvalue weighted by molar-refractivity contribution is 0.0946. The molecule has 1 N–H and O–H groups in total. The molecular weight excluding hydrogens is 398 g/mol. The second-order valence-electron chi connectivity index (χ2n) is 8.52. The van der Waals surface area contributed by atoms with Gasteiger partial charge in [0.1, 0.15) is 5.82 Å². The Balaban J connectivity index is 1.20. The summed E-state index contributed by atoms with van der Waals surface area (Å²) in [6.45, 7) is 11.1. The Morgan fingerprint density at radius 1 is 0.969 bits per heavy atom. The number of pyridine rings is 1. The van der Waals surface area contributed by atoms with Gasteiger partial charge >= 0.3 is 0 Å². The van der Waals surface area contributed by atoms with Crippen LogP contribution >= 0.6 is 0 Å². The number of benzene rings is 1. The molecule has 0 saturated carbocycles. The summed E-state index contributed by atoms with van der Waals surface area (Å²) in [5, 5.41) is 3.10. The van der Waals surface area contributed by atoms with Crippen molar-refractivity contribution in [2.45, 2.75) is 26.8 Å². The Labute approximate surface area is 190 Å². The van der Waals surface area contributed by atoms with E-state index in [1.54, 1.807) is 6.20 Å². The van der Waals surface area contributed by atoms with E-state index >= 15 is 0 Å². The van der Waals surface area contributed by atoms with Crippen molar-refractivity contribution >= 4 is 5.91 Å². The summed E-state index contributed by atoms with van der Waals surface area (Å²) in [5.41, 5.74) is 4.04. The normalized spacial score (nSPS) is 15.1. The van der Waals surface area contributed by atoms with Crippen LogP contribution in [0.25, 0.3) is 5.82 Å². The van der Waals surface area contributed by atoms with Crippen LogP contribution in [0.1, 0.15) is 33.7 Å². The Hall–Kier alpha value is -2.96. The van der Waals surface area contributed by atoms with E-state index in [2.05, 4.69) is 50.4 Å². The van der Waals surface area contributed by atoms with Crippen molar-refractivity contribution < 1.29 is 4.79 Å². The minimum atomic E-state index is -0.00652. The molecule has 1 amide bonds. The zero-order valence-electron chi connectivity index (χ0n) is 19.1. The summed E-state index contributed by atoms with van der Waals surface area (Å²) < 4.78 is 2.03. The summed E-state index contributed by atoms with van der Waals surface area (Å²) in [5.74, 6) is 0.834. The van der Waals surface area contributed by atoms with Crippen LogP contribution in [0.5, 0.6) is 0 Å². The number of amides is 1. The highest BCUT2D eigenvalue weighted by atomic mass is 16.1. The molecular formula is C26H33N5O. The lowest BCUT2D eigenvalue weighted by Crippen LogP contribution is -2.46. The van der Waals surface area contributed by atoms with Gasteiger partial charge in [0.25, 0.3) is 5.91 Å². The quantitative estimate of drug-likeness (QED) is 0.555. The fourth-order valence-electron chi connectivity index (χ4n) is 4.44. The highest BCUT2D eigenvalue weighted by Crippen LogP contribution is 2.19.